The van der Waals surface area contributed by atoms with Crippen LogP contribution in [0.25, 0.3) is 22.3 Å². The van der Waals surface area contributed by atoms with Gasteiger partial charge in [0, 0.05) is 25.2 Å². The lowest BCUT2D eigenvalue weighted by Gasteiger charge is -2.12. The number of ether oxygens (including phenoxy) is 1. The number of rotatable bonds is 4. The van der Waals surface area contributed by atoms with Gasteiger partial charge in [-0.2, -0.15) is 0 Å². The highest BCUT2D eigenvalue weighted by Crippen LogP contribution is 2.41. The predicted octanol–water partition coefficient (Wildman–Crippen LogP) is 3.73. The molecule has 1 aliphatic carbocycles. The third-order valence-corrected chi connectivity index (χ3v) is 5.33. The highest BCUT2D eigenvalue weighted by molar-refractivity contribution is 6.01. The molecule has 3 aromatic rings. The second-order valence-corrected chi connectivity index (χ2v) is 7.39. The van der Waals surface area contributed by atoms with Crippen LogP contribution in [0.4, 0.5) is 0 Å². The van der Waals surface area contributed by atoms with E-state index in [4.69, 9.17) is 10.5 Å². The molecule has 2 amide bonds. The van der Waals surface area contributed by atoms with E-state index in [9.17, 15) is 9.59 Å². The maximum Gasteiger partial charge on any atom is 0.253 e. The zero-order chi connectivity index (χ0) is 20.7. The summed E-state index contributed by atoms with van der Waals surface area (Å²) in [5, 5.41) is 0. The molecule has 0 saturated carbocycles. The third-order valence-electron chi connectivity index (χ3n) is 5.33. The lowest BCUT2D eigenvalue weighted by Crippen LogP contribution is -2.21. The van der Waals surface area contributed by atoms with E-state index in [1.807, 2.05) is 48.5 Å². The van der Waals surface area contributed by atoms with Crippen LogP contribution in [0.1, 0.15) is 31.8 Å². The van der Waals surface area contributed by atoms with Gasteiger partial charge in [-0.3, -0.25) is 9.59 Å². The van der Waals surface area contributed by atoms with Crippen LogP contribution in [0.2, 0.25) is 0 Å². The van der Waals surface area contributed by atoms with E-state index in [2.05, 4.69) is 6.07 Å². The molecule has 0 spiro atoms. The van der Waals surface area contributed by atoms with Gasteiger partial charge in [-0.05, 0) is 76.2 Å². The van der Waals surface area contributed by atoms with E-state index < -0.39 is 5.91 Å². The normalized spacial score (nSPS) is 11.6. The molecule has 0 heterocycles. The summed E-state index contributed by atoms with van der Waals surface area (Å²) in [6.45, 7) is 0. The Morgan fingerprint density at radius 1 is 0.966 bits per heavy atom. The van der Waals surface area contributed by atoms with Gasteiger partial charge in [0.05, 0.1) is 7.11 Å². The van der Waals surface area contributed by atoms with Gasteiger partial charge in [0.2, 0.25) is 5.91 Å². The molecule has 0 fully saturated rings. The van der Waals surface area contributed by atoms with Crippen molar-refractivity contribution in [3.8, 4) is 28.0 Å². The van der Waals surface area contributed by atoms with Crippen LogP contribution >= 0.6 is 0 Å². The summed E-state index contributed by atoms with van der Waals surface area (Å²) >= 11 is 0. The summed E-state index contributed by atoms with van der Waals surface area (Å²) in [5.41, 5.74) is 12.7. The van der Waals surface area contributed by atoms with Gasteiger partial charge in [-0.1, -0.05) is 18.2 Å². The average Bonchev–Trinajstić information content (AvgIpc) is 3.09. The number of nitrogens with zero attached hydrogens (tertiary/aromatic N) is 1. The summed E-state index contributed by atoms with van der Waals surface area (Å²) < 4.78 is 5.33. The topological polar surface area (TPSA) is 72.6 Å². The smallest absolute Gasteiger partial charge is 0.253 e. The molecule has 0 aliphatic heterocycles. The number of hydrogen-bond acceptors (Lipinski definition) is 3. The van der Waals surface area contributed by atoms with Crippen molar-refractivity contribution >= 4 is 11.8 Å². The van der Waals surface area contributed by atoms with Gasteiger partial charge >= 0.3 is 0 Å². The molecule has 3 aromatic carbocycles. The molecule has 146 valence electrons. The molecule has 0 radical (unpaired) electrons. The standard InChI is InChI=1S/C24H22N2O3/c1-26(2)24(28)15-7-8-19-17(9-15)13-21-20(19)11-16(12-22(21)23(25)27)14-5-4-6-18(10-14)29-3/h4-12H,13H2,1-3H3,(H2,25,27). The number of carbonyl (C=O) groups is 2. The largest absolute Gasteiger partial charge is 0.497 e. The van der Waals surface area contributed by atoms with Gasteiger partial charge in [-0.15, -0.1) is 0 Å². The molecule has 2 N–H and O–H groups in total. The maximum absolute atomic E-state index is 12.3. The van der Waals surface area contributed by atoms with Crippen LogP contribution in [0.3, 0.4) is 0 Å². The summed E-state index contributed by atoms with van der Waals surface area (Å²) in [6, 6.07) is 17.3. The highest BCUT2D eigenvalue weighted by Gasteiger charge is 2.25. The number of fused-ring (bicyclic) bond motifs is 3. The lowest BCUT2D eigenvalue weighted by molar-refractivity contribution is 0.0827. The number of amides is 2. The minimum Gasteiger partial charge on any atom is -0.497 e. The molecule has 0 atom stereocenters. The minimum absolute atomic E-state index is 0.0454. The molecule has 1 aliphatic rings. The molecule has 0 unspecified atom stereocenters. The Kier molecular flexibility index (Phi) is 4.59. The minimum atomic E-state index is -0.455. The van der Waals surface area contributed by atoms with Crippen molar-refractivity contribution in [1.29, 1.82) is 0 Å². The fraction of sp³-hybridized carbons (Fsp3) is 0.167. The first-order valence-corrected chi connectivity index (χ1v) is 9.35. The van der Waals surface area contributed by atoms with E-state index in [1.54, 1.807) is 26.1 Å². The SMILES string of the molecule is COc1cccc(-c2cc(C(N)=O)c3c(c2)-c2ccc(C(=O)N(C)C)cc2C3)c1. The van der Waals surface area contributed by atoms with E-state index in [0.717, 1.165) is 39.1 Å². The second kappa shape index (κ2) is 7.09. The molecular formula is C24H22N2O3. The van der Waals surface area contributed by atoms with Gasteiger partial charge in [-0.25, -0.2) is 0 Å². The maximum atomic E-state index is 12.3. The van der Waals surface area contributed by atoms with Crippen molar-refractivity contribution < 1.29 is 14.3 Å². The zero-order valence-electron chi connectivity index (χ0n) is 16.7. The first-order valence-electron chi connectivity index (χ1n) is 9.35. The third kappa shape index (κ3) is 3.25. The van der Waals surface area contributed by atoms with Gasteiger partial charge in [0.15, 0.2) is 0 Å². The number of nitrogens with two attached hydrogens (primary N) is 1. The number of hydrogen-bond donors (Lipinski definition) is 1. The number of methoxy groups -OCH3 is 1. The second-order valence-electron chi connectivity index (χ2n) is 7.39. The summed E-state index contributed by atoms with van der Waals surface area (Å²) in [4.78, 5) is 26.1. The molecule has 5 nitrogen and oxygen atoms in total. The fourth-order valence-electron chi connectivity index (χ4n) is 3.88. The molecule has 4 rings (SSSR count). The van der Waals surface area contributed by atoms with E-state index in [-0.39, 0.29) is 5.91 Å². The Labute approximate surface area is 169 Å². The number of benzene rings is 3. The van der Waals surface area contributed by atoms with Crippen molar-refractivity contribution in [2.75, 3.05) is 21.2 Å². The number of primary amides is 1. The lowest BCUT2D eigenvalue weighted by atomic mass is 9.94. The van der Waals surface area contributed by atoms with Crippen LogP contribution in [0.5, 0.6) is 5.75 Å². The fourth-order valence-corrected chi connectivity index (χ4v) is 3.88. The summed E-state index contributed by atoms with van der Waals surface area (Å²) in [6.07, 6.45) is 0.579. The molecule has 5 heteroatoms. The molecule has 29 heavy (non-hydrogen) atoms. The molecule has 0 saturated heterocycles. The van der Waals surface area contributed by atoms with Crippen LogP contribution in [0, 0.1) is 0 Å². The van der Waals surface area contributed by atoms with Crippen molar-refractivity contribution in [1.82, 2.24) is 4.90 Å². The van der Waals surface area contributed by atoms with Gasteiger partial charge in [0.1, 0.15) is 5.75 Å². The highest BCUT2D eigenvalue weighted by atomic mass is 16.5. The molecule has 0 aromatic heterocycles. The Morgan fingerprint density at radius 2 is 1.76 bits per heavy atom. The van der Waals surface area contributed by atoms with E-state index in [1.165, 1.54) is 0 Å². The van der Waals surface area contributed by atoms with Gasteiger partial charge < -0.3 is 15.4 Å². The van der Waals surface area contributed by atoms with Crippen molar-refractivity contribution in [2.45, 2.75) is 6.42 Å². The molecular weight excluding hydrogens is 364 g/mol. The summed E-state index contributed by atoms with van der Waals surface area (Å²) in [5.74, 6) is 0.246. The van der Waals surface area contributed by atoms with Crippen LogP contribution in [0.15, 0.2) is 54.6 Å². The van der Waals surface area contributed by atoms with Crippen molar-refractivity contribution in [3.05, 3.63) is 76.9 Å². The first kappa shape index (κ1) is 18.7. The van der Waals surface area contributed by atoms with Crippen LogP contribution < -0.4 is 10.5 Å². The zero-order valence-corrected chi connectivity index (χ0v) is 16.7. The molecule has 0 bridgehead atoms. The van der Waals surface area contributed by atoms with E-state index >= 15 is 0 Å². The summed E-state index contributed by atoms with van der Waals surface area (Å²) in [7, 11) is 5.09. The monoisotopic (exact) mass is 386 g/mol. The Hall–Kier alpha value is -3.60. The first-order chi connectivity index (χ1) is 13.9. The van der Waals surface area contributed by atoms with Crippen LogP contribution in [-0.4, -0.2) is 37.9 Å². The Balaban J connectivity index is 1.87. The average molecular weight is 386 g/mol. The Bertz CT molecular complexity index is 1150. The van der Waals surface area contributed by atoms with E-state index in [0.29, 0.717) is 17.5 Å². The van der Waals surface area contributed by atoms with Crippen molar-refractivity contribution in [3.63, 3.8) is 0 Å². The van der Waals surface area contributed by atoms with Crippen LogP contribution in [-0.2, 0) is 6.42 Å². The predicted molar refractivity (Wildman–Crippen MR) is 113 cm³/mol. The van der Waals surface area contributed by atoms with Gasteiger partial charge in [0.25, 0.3) is 5.91 Å². The quantitative estimate of drug-likeness (QED) is 0.581. The number of carbonyl (C=O) groups excluding carboxylic acids is 2. The van der Waals surface area contributed by atoms with Crippen molar-refractivity contribution in [2.24, 2.45) is 5.73 Å². The Morgan fingerprint density at radius 3 is 2.45 bits per heavy atom.